The molecule has 0 aliphatic carbocycles. The summed E-state index contributed by atoms with van der Waals surface area (Å²) in [5.74, 6) is -0.770. The molecule has 6 heteroatoms. The lowest BCUT2D eigenvalue weighted by Crippen LogP contribution is -2.19. The van der Waals surface area contributed by atoms with Gasteiger partial charge in [0.15, 0.2) is 0 Å². The number of hydrogen-bond donors (Lipinski definition) is 0. The molecule has 0 aromatic heterocycles. The molecule has 0 aliphatic rings. The van der Waals surface area contributed by atoms with E-state index in [0.29, 0.717) is 19.8 Å². The van der Waals surface area contributed by atoms with Crippen LogP contribution in [0.25, 0.3) is 0 Å². The predicted molar refractivity (Wildman–Crippen MR) is 133 cm³/mol. The average Bonchev–Trinajstić information content (AvgIpc) is 2.81. The van der Waals surface area contributed by atoms with E-state index >= 15 is 0 Å². The van der Waals surface area contributed by atoms with Gasteiger partial charge in [-0.1, -0.05) is 37.1 Å². The normalized spacial score (nSPS) is 11.9. The van der Waals surface area contributed by atoms with Crippen LogP contribution >= 0.6 is 0 Å². The van der Waals surface area contributed by atoms with Gasteiger partial charge in [0.25, 0.3) is 0 Å². The molecule has 0 aliphatic heterocycles. The highest BCUT2D eigenvalue weighted by Crippen LogP contribution is 2.14. The number of rotatable bonds is 24. The van der Waals surface area contributed by atoms with Gasteiger partial charge >= 0.3 is 11.9 Å². The lowest BCUT2D eigenvalue weighted by molar-refractivity contribution is -0.154. The minimum absolute atomic E-state index is 0.0168. The van der Waals surface area contributed by atoms with Crippen LogP contribution < -0.4 is 0 Å². The molecule has 1 unspecified atom stereocenters. The highest BCUT2D eigenvalue weighted by Gasteiger charge is 2.15. The van der Waals surface area contributed by atoms with E-state index in [1.165, 1.54) is 25.7 Å². The maximum Gasteiger partial charge on any atom is 0.306 e. The van der Waals surface area contributed by atoms with Gasteiger partial charge in [0.2, 0.25) is 0 Å². The SMILES string of the molecule is C=CCCCCCCC=CCCC(CCCC=C)OC(=O)CCC(=O)OCCOCCOC. The van der Waals surface area contributed by atoms with Gasteiger partial charge in [-0.05, 0) is 57.8 Å². The molecular formula is C27H46O6. The highest BCUT2D eigenvalue weighted by molar-refractivity contribution is 5.77. The first-order valence-corrected chi connectivity index (χ1v) is 12.4. The van der Waals surface area contributed by atoms with Crippen LogP contribution in [0.1, 0.15) is 83.5 Å². The number of methoxy groups -OCH3 is 1. The molecule has 0 heterocycles. The van der Waals surface area contributed by atoms with E-state index in [1.807, 2.05) is 12.2 Å². The van der Waals surface area contributed by atoms with Gasteiger partial charge in [0.05, 0.1) is 32.7 Å². The number of esters is 2. The third kappa shape index (κ3) is 23.0. The zero-order valence-electron chi connectivity index (χ0n) is 20.8. The average molecular weight is 467 g/mol. The Labute approximate surface area is 201 Å². The van der Waals surface area contributed by atoms with E-state index in [2.05, 4.69) is 25.3 Å². The van der Waals surface area contributed by atoms with Gasteiger partial charge in [0.1, 0.15) is 12.7 Å². The summed E-state index contributed by atoms with van der Waals surface area (Å²) in [5, 5.41) is 0. The van der Waals surface area contributed by atoms with Crippen molar-refractivity contribution in [1.29, 1.82) is 0 Å². The zero-order valence-corrected chi connectivity index (χ0v) is 20.8. The highest BCUT2D eigenvalue weighted by atomic mass is 16.6. The molecule has 0 radical (unpaired) electrons. The number of allylic oxidation sites excluding steroid dienone is 4. The van der Waals surface area contributed by atoms with E-state index in [9.17, 15) is 9.59 Å². The molecule has 33 heavy (non-hydrogen) atoms. The molecule has 6 nitrogen and oxygen atoms in total. The van der Waals surface area contributed by atoms with Crippen molar-refractivity contribution in [2.24, 2.45) is 0 Å². The third-order valence-corrected chi connectivity index (χ3v) is 5.04. The Hall–Kier alpha value is -1.92. The molecule has 0 spiro atoms. The smallest absolute Gasteiger partial charge is 0.306 e. The molecule has 1 atom stereocenters. The van der Waals surface area contributed by atoms with Crippen LogP contribution in [0.4, 0.5) is 0 Å². The maximum atomic E-state index is 12.2. The molecule has 0 rings (SSSR count). The van der Waals surface area contributed by atoms with Gasteiger partial charge in [-0.15, -0.1) is 13.2 Å². The van der Waals surface area contributed by atoms with Crippen LogP contribution in [0.15, 0.2) is 37.5 Å². The zero-order chi connectivity index (χ0) is 24.4. The summed E-state index contributed by atoms with van der Waals surface area (Å²) < 4.78 is 20.8. The van der Waals surface area contributed by atoms with E-state index in [1.54, 1.807) is 7.11 Å². The second-order valence-corrected chi connectivity index (χ2v) is 7.99. The minimum atomic E-state index is -0.419. The van der Waals surface area contributed by atoms with Crippen LogP contribution in [-0.2, 0) is 28.5 Å². The fraction of sp³-hybridized carbons (Fsp3) is 0.704. The Kier molecular flexibility index (Phi) is 23.3. The molecule has 0 aromatic rings. The number of carbonyl (C=O) groups excluding carboxylic acids is 2. The summed E-state index contributed by atoms with van der Waals surface area (Å²) in [6.45, 7) is 8.94. The first kappa shape index (κ1) is 31.1. The summed E-state index contributed by atoms with van der Waals surface area (Å²) in [6, 6.07) is 0. The number of hydrogen-bond acceptors (Lipinski definition) is 6. The van der Waals surface area contributed by atoms with Crippen LogP contribution in [0.2, 0.25) is 0 Å². The molecule has 0 saturated carbocycles. The lowest BCUT2D eigenvalue weighted by atomic mass is 10.1. The molecule has 0 N–H and O–H groups in total. The number of unbranched alkanes of at least 4 members (excludes halogenated alkanes) is 6. The van der Waals surface area contributed by atoms with Gasteiger partial charge < -0.3 is 18.9 Å². The Morgan fingerprint density at radius 3 is 2.09 bits per heavy atom. The predicted octanol–water partition coefficient (Wildman–Crippen LogP) is 6.10. The fourth-order valence-electron chi connectivity index (χ4n) is 3.15. The summed E-state index contributed by atoms with van der Waals surface area (Å²) in [6.07, 6.45) is 19.6. The van der Waals surface area contributed by atoms with Gasteiger partial charge in [-0.3, -0.25) is 9.59 Å². The summed E-state index contributed by atoms with van der Waals surface area (Å²) in [4.78, 5) is 24.0. The van der Waals surface area contributed by atoms with Crippen molar-refractivity contribution >= 4 is 11.9 Å². The summed E-state index contributed by atoms with van der Waals surface area (Å²) in [7, 11) is 1.60. The maximum absolute atomic E-state index is 12.2. The lowest BCUT2D eigenvalue weighted by Gasteiger charge is -2.17. The first-order valence-electron chi connectivity index (χ1n) is 12.4. The monoisotopic (exact) mass is 466 g/mol. The standard InChI is InChI=1S/C27H46O6/c1-4-6-8-9-10-11-12-13-14-16-18-25(17-15-7-5-2)33-27(29)20-19-26(28)32-24-23-31-22-21-30-3/h4-5,13-14,25H,1-2,6-12,15-24H2,3H3. The minimum Gasteiger partial charge on any atom is -0.463 e. The molecule has 0 saturated heterocycles. The van der Waals surface area contributed by atoms with Crippen molar-refractivity contribution in [3.05, 3.63) is 37.5 Å². The van der Waals surface area contributed by atoms with Gasteiger partial charge in [0, 0.05) is 7.11 Å². The second-order valence-electron chi connectivity index (χ2n) is 7.99. The van der Waals surface area contributed by atoms with E-state index in [-0.39, 0.29) is 31.5 Å². The fourth-order valence-corrected chi connectivity index (χ4v) is 3.15. The summed E-state index contributed by atoms with van der Waals surface area (Å²) in [5.41, 5.74) is 0. The molecule has 0 amide bonds. The Bertz CT molecular complexity index is 529. The summed E-state index contributed by atoms with van der Waals surface area (Å²) >= 11 is 0. The largest absolute Gasteiger partial charge is 0.463 e. The Morgan fingerprint density at radius 2 is 1.36 bits per heavy atom. The van der Waals surface area contributed by atoms with Crippen molar-refractivity contribution in [1.82, 2.24) is 0 Å². The van der Waals surface area contributed by atoms with Crippen molar-refractivity contribution in [2.45, 2.75) is 89.6 Å². The van der Waals surface area contributed by atoms with Crippen molar-refractivity contribution in [2.75, 3.05) is 33.5 Å². The van der Waals surface area contributed by atoms with Crippen molar-refractivity contribution < 1.29 is 28.5 Å². The van der Waals surface area contributed by atoms with Crippen molar-refractivity contribution in [3.8, 4) is 0 Å². The molecule has 0 aromatic carbocycles. The quantitative estimate of drug-likeness (QED) is 0.0972. The van der Waals surface area contributed by atoms with Crippen molar-refractivity contribution in [3.63, 3.8) is 0 Å². The number of carbonyl (C=O) groups is 2. The van der Waals surface area contributed by atoms with Crippen LogP contribution in [-0.4, -0.2) is 51.6 Å². The Balaban J connectivity index is 4.06. The van der Waals surface area contributed by atoms with Gasteiger partial charge in [-0.25, -0.2) is 0 Å². The first-order chi connectivity index (χ1) is 16.1. The Morgan fingerprint density at radius 1 is 0.727 bits per heavy atom. The van der Waals surface area contributed by atoms with Crippen LogP contribution in [0.3, 0.4) is 0 Å². The van der Waals surface area contributed by atoms with Crippen LogP contribution in [0, 0.1) is 0 Å². The van der Waals surface area contributed by atoms with E-state index < -0.39 is 5.97 Å². The van der Waals surface area contributed by atoms with E-state index in [4.69, 9.17) is 18.9 Å². The third-order valence-electron chi connectivity index (χ3n) is 5.04. The number of ether oxygens (including phenoxy) is 4. The second kappa shape index (κ2) is 24.7. The topological polar surface area (TPSA) is 71.1 Å². The molecule has 0 fully saturated rings. The van der Waals surface area contributed by atoms with E-state index in [0.717, 1.165) is 44.9 Å². The molecule has 190 valence electrons. The van der Waals surface area contributed by atoms with Gasteiger partial charge in [-0.2, -0.15) is 0 Å². The molecule has 0 bridgehead atoms. The van der Waals surface area contributed by atoms with Crippen LogP contribution in [0.5, 0.6) is 0 Å². The molecular weight excluding hydrogens is 420 g/mol.